The molecule has 0 aromatic rings. The van der Waals surface area contributed by atoms with Gasteiger partial charge < -0.3 is 5.11 Å². The van der Waals surface area contributed by atoms with E-state index in [2.05, 4.69) is 0 Å². The van der Waals surface area contributed by atoms with Crippen LogP contribution in [0.15, 0.2) is 23.3 Å². The fraction of sp³-hybridized carbons (Fsp3) is 0.733. The van der Waals surface area contributed by atoms with Gasteiger partial charge in [0.2, 0.25) is 0 Å². The summed E-state index contributed by atoms with van der Waals surface area (Å²) < 4.78 is 92.0. The number of halogens is 7. The third-order valence-corrected chi connectivity index (χ3v) is 4.99. The molecule has 2 fully saturated rings. The average molecular weight is 346 g/mol. The zero-order valence-electron chi connectivity index (χ0n) is 12.5. The maximum atomic E-state index is 15.1. The molecule has 2 rings (SSSR count). The number of aliphatic hydroxyl groups is 1. The second-order valence-electron chi connectivity index (χ2n) is 6.24. The number of allylic oxidation sites excluding steroid dienone is 4. The molecule has 0 aliphatic heterocycles. The molecule has 2 saturated carbocycles. The first-order valence-corrected chi connectivity index (χ1v) is 7.18. The molecule has 2 aliphatic carbocycles. The Labute approximate surface area is 128 Å². The van der Waals surface area contributed by atoms with Gasteiger partial charge in [0.1, 0.15) is 5.67 Å². The summed E-state index contributed by atoms with van der Waals surface area (Å²) >= 11 is 0. The molecule has 0 saturated heterocycles. The molecule has 3 atom stereocenters. The lowest BCUT2D eigenvalue weighted by molar-refractivity contribution is -0.376. The van der Waals surface area contributed by atoms with Gasteiger partial charge in [0.15, 0.2) is 0 Å². The fourth-order valence-corrected chi connectivity index (χ4v) is 3.96. The highest BCUT2D eigenvalue weighted by atomic mass is 19.4. The van der Waals surface area contributed by atoms with Crippen LogP contribution in [0.4, 0.5) is 30.7 Å². The van der Waals surface area contributed by atoms with Crippen LogP contribution >= 0.6 is 0 Å². The van der Waals surface area contributed by atoms with Gasteiger partial charge in [-0.15, -0.1) is 0 Å². The van der Waals surface area contributed by atoms with Crippen molar-refractivity contribution in [3.8, 4) is 0 Å². The standard InChI is InChI=1S/C15H17F7O/c1-3-9-8-5-11(10(9)4-2)12(16,6-8)7-13(23,14(17,18)19)15(20,21)22/h3-4,8,11,23H,5-7H2,1-2H3. The summed E-state index contributed by atoms with van der Waals surface area (Å²) in [6, 6.07) is 0. The molecule has 3 unspecified atom stereocenters. The molecular formula is C15H17F7O. The minimum absolute atomic E-state index is 0.168. The highest BCUT2D eigenvalue weighted by molar-refractivity contribution is 5.45. The molecule has 0 amide bonds. The van der Waals surface area contributed by atoms with Gasteiger partial charge in [-0.05, 0) is 43.8 Å². The van der Waals surface area contributed by atoms with Gasteiger partial charge in [-0.1, -0.05) is 12.2 Å². The largest absolute Gasteiger partial charge is 0.426 e. The van der Waals surface area contributed by atoms with Gasteiger partial charge in [0.05, 0.1) is 0 Å². The second kappa shape index (κ2) is 5.22. The van der Waals surface area contributed by atoms with Crippen molar-refractivity contribution in [3.05, 3.63) is 23.3 Å². The molecule has 1 nitrogen and oxygen atoms in total. The maximum absolute atomic E-state index is 15.1. The lowest BCUT2D eigenvalue weighted by Crippen LogP contribution is -2.60. The van der Waals surface area contributed by atoms with Crippen LogP contribution in [0.5, 0.6) is 0 Å². The van der Waals surface area contributed by atoms with E-state index in [1.54, 1.807) is 19.9 Å². The van der Waals surface area contributed by atoms with Crippen LogP contribution in [0, 0.1) is 11.8 Å². The molecular weight excluding hydrogens is 329 g/mol. The SMILES string of the molecule is CC=C1C(=CC)C2CC1CC2(F)CC(O)(C(F)(F)F)C(F)(F)F. The molecule has 1 N–H and O–H groups in total. The van der Waals surface area contributed by atoms with Crippen LogP contribution < -0.4 is 0 Å². The normalized spacial score (nSPS) is 35.6. The van der Waals surface area contributed by atoms with Crippen LogP contribution in [-0.2, 0) is 0 Å². The molecule has 0 spiro atoms. The lowest BCUT2D eigenvalue weighted by atomic mass is 9.73. The Morgan fingerprint density at radius 2 is 1.52 bits per heavy atom. The van der Waals surface area contributed by atoms with E-state index >= 15 is 4.39 Å². The zero-order valence-corrected chi connectivity index (χ0v) is 12.5. The Morgan fingerprint density at radius 1 is 1.04 bits per heavy atom. The minimum Gasteiger partial charge on any atom is -0.374 e. The predicted molar refractivity (Wildman–Crippen MR) is 69.2 cm³/mol. The number of hydrogen-bond donors (Lipinski definition) is 1. The second-order valence-corrected chi connectivity index (χ2v) is 6.24. The third-order valence-electron chi connectivity index (χ3n) is 4.99. The van der Waals surface area contributed by atoms with Gasteiger partial charge in [0.25, 0.3) is 5.60 Å². The summed E-state index contributed by atoms with van der Waals surface area (Å²) in [5.74, 6) is -1.47. The molecule has 23 heavy (non-hydrogen) atoms. The molecule has 2 aliphatic rings. The van der Waals surface area contributed by atoms with Crippen LogP contribution in [-0.4, -0.2) is 28.7 Å². The number of alkyl halides is 7. The summed E-state index contributed by atoms with van der Waals surface area (Å²) in [5, 5.41) is 9.30. The van der Waals surface area contributed by atoms with Gasteiger partial charge in [-0.2, -0.15) is 26.3 Å². The van der Waals surface area contributed by atoms with Crippen LogP contribution in [0.2, 0.25) is 0 Å². The minimum atomic E-state index is -5.99. The number of rotatable bonds is 2. The third kappa shape index (κ3) is 2.58. The van der Waals surface area contributed by atoms with Crippen molar-refractivity contribution in [1.82, 2.24) is 0 Å². The van der Waals surface area contributed by atoms with E-state index in [4.69, 9.17) is 0 Å². The molecule has 2 bridgehead atoms. The summed E-state index contributed by atoms with van der Waals surface area (Å²) in [4.78, 5) is 0. The summed E-state index contributed by atoms with van der Waals surface area (Å²) in [6.45, 7) is 3.26. The topological polar surface area (TPSA) is 20.2 Å². The van der Waals surface area contributed by atoms with Crippen molar-refractivity contribution in [1.29, 1.82) is 0 Å². The molecule has 132 valence electrons. The summed E-state index contributed by atoms with van der Waals surface area (Å²) in [6.07, 6.45) is -11.1. The molecule has 0 heterocycles. The monoisotopic (exact) mass is 346 g/mol. The van der Waals surface area contributed by atoms with Crippen molar-refractivity contribution in [3.63, 3.8) is 0 Å². The van der Waals surface area contributed by atoms with Crippen LogP contribution in [0.1, 0.15) is 33.1 Å². The van der Waals surface area contributed by atoms with Crippen LogP contribution in [0.3, 0.4) is 0 Å². The molecule has 0 aromatic carbocycles. The molecule has 0 radical (unpaired) electrons. The van der Waals surface area contributed by atoms with E-state index in [0.717, 1.165) is 5.57 Å². The van der Waals surface area contributed by atoms with E-state index < -0.39 is 48.3 Å². The van der Waals surface area contributed by atoms with Gasteiger partial charge in [0, 0.05) is 12.3 Å². The summed E-state index contributed by atoms with van der Waals surface area (Å²) in [7, 11) is 0. The first-order chi connectivity index (χ1) is 10.3. The Hall–Kier alpha value is -1.05. The fourth-order valence-electron chi connectivity index (χ4n) is 3.96. The zero-order chi connectivity index (χ0) is 17.8. The van der Waals surface area contributed by atoms with E-state index in [1.165, 1.54) is 6.08 Å². The van der Waals surface area contributed by atoms with E-state index in [1.807, 2.05) is 0 Å². The quantitative estimate of drug-likeness (QED) is 0.707. The van der Waals surface area contributed by atoms with Crippen molar-refractivity contribution in [2.75, 3.05) is 0 Å². The molecule has 8 heteroatoms. The van der Waals surface area contributed by atoms with E-state index in [-0.39, 0.29) is 6.42 Å². The van der Waals surface area contributed by atoms with E-state index in [9.17, 15) is 31.4 Å². The summed E-state index contributed by atoms with van der Waals surface area (Å²) in [5.41, 5.74) is -6.57. The number of fused-ring (bicyclic) bond motifs is 2. The Balaban J connectivity index is 2.40. The Kier molecular flexibility index (Phi) is 4.15. The van der Waals surface area contributed by atoms with Gasteiger partial charge in [-0.25, -0.2) is 4.39 Å². The van der Waals surface area contributed by atoms with Crippen molar-refractivity contribution in [2.24, 2.45) is 11.8 Å². The highest BCUT2D eigenvalue weighted by Gasteiger charge is 2.74. The average Bonchev–Trinajstić information content (AvgIpc) is 2.88. The highest BCUT2D eigenvalue weighted by Crippen LogP contribution is 2.62. The molecule has 0 aromatic heterocycles. The van der Waals surface area contributed by atoms with Crippen molar-refractivity contribution < 1.29 is 35.8 Å². The first-order valence-electron chi connectivity index (χ1n) is 7.18. The first kappa shape index (κ1) is 18.3. The number of hydrogen-bond acceptors (Lipinski definition) is 1. The van der Waals surface area contributed by atoms with Gasteiger partial charge in [-0.3, -0.25) is 0 Å². The predicted octanol–water partition coefficient (Wildman–Crippen LogP) is 4.87. The van der Waals surface area contributed by atoms with Gasteiger partial charge >= 0.3 is 12.4 Å². The Bertz CT molecular complexity index is 529. The van der Waals surface area contributed by atoms with Crippen molar-refractivity contribution >= 4 is 0 Å². The van der Waals surface area contributed by atoms with E-state index in [0.29, 0.717) is 5.57 Å². The van der Waals surface area contributed by atoms with Crippen molar-refractivity contribution in [2.45, 2.75) is 56.7 Å². The lowest BCUT2D eigenvalue weighted by Gasteiger charge is -2.40. The Morgan fingerprint density at radius 3 is 1.91 bits per heavy atom. The smallest absolute Gasteiger partial charge is 0.374 e. The van der Waals surface area contributed by atoms with Crippen LogP contribution in [0.25, 0.3) is 0 Å². The maximum Gasteiger partial charge on any atom is 0.426 e.